The van der Waals surface area contributed by atoms with Crippen molar-refractivity contribution in [3.63, 3.8) is 0 Å². The van der Waals surface area contributed by atoms with Crippen molar-refractivity contribution in [2.45, 2.75) is 37.4 Å². The molecule has 0 bridgehead atoms. The molecule has 0 aromatic carbocycles. The molecule has 1 aliphatic carbocycles. The summed E-state index contributed by atoms with van der Waals surface area (Å²) in [5.74, 6) is 2.02. The largest absolute Gasteiger partial charge is 0.477 e. The van der Waals surface area contributed by atoms with E-state index in [9.17, 15) is 0 Å². The van der Waals surface area contributed by atoms with Crippen molar-refractivity contribution in [2.75, 3.05) is 19.7 Å². The topological polar surface area (TPSA) is 33.6 Å². The van der Waals surface area contributed by atoms with Crippen LogP contribution in [0.15, 0.2) is 40.9 Å². The molecule has 3 nitrogen and oxygen atoms in total. The first kappa shape index (κ1) is 15.9. The third-order valence-electron chi connectivity index (χ3n) is 4.91. The number of hydrogen-bond donors (Lipinski definition) is 1. The zero-order valence-corrected chi connectivity index (χ0v) is 14.0. The number of nitrogens with zero attached hydrogens (tertiary/aromatic N) is 1. The van der Waals surface area contributed by atoms with Crippen LogP contribution in [0.25, 0.3) is 0 Å². The molecule has 1 saturated heterocycles. The lowest BCUT2D eigenvalue weighted by Gasteiger charge is -2.24. The van der Waals surface area contributed by atoms with Gasteiger partial charge in [-0.2, -0.15) is 0 Å². The van der Waals surface area contributed by atoms with Crippen molar-refractivity contribution < 1.29 is 4.74 Å². The van der Waals surface area contributed by atoms with Crippen LogP contribution in [0.1, 0.15) is 32.1 Å². The molecule has 0 spiro atoms. The monoisotopic (exact) mass is 318 g/mol. The Kier molecular flexibility index (Phi) is 5.42. The quantitative estimate of drug-likeness (QED) is 0.616. The van der Waals surface area contributed by atoms with Gasteiger partial charge in [-0.15, -0.1) is 11.8 Å². The maximum Gasteiger partial charge on any atom is 0.217 e. The molecule has 2 heterocycles. The van der Waals surface area contributed by atoms with Gasteiger partial charge in [-0.1, -0.05) is 25.7 Å². The third kappa shape index (κ3) is 3.33. The first-order valence-electron chi connectivity index (χ1n) is 8.39. The van der Waals surface area contributed by atoms with E-state index in [1.807, 2.05) is 17.8 Å². The van der Waals surface area contributed by atoms with E-state index >= 15 is 0 Å². The summed E-state index contributed by atoms with van der Waals surface area (Å²) in [7, 11) is 0. The minimum absolute atomic E-state index is 0.588. The fourth-order valence-corrected chi connectivity index (χ4v) is 5.25. The van der Waals surface area contributed by atoms with Gasteiger partial charge in [0.05, 0.1) is 6.61 Å². The average molecular weight is 318 g/mol. The molecular formula is C18H26N2OS. The van der Waals surface area contributed by atoms with Gasteiger partial charge >= 0.3 is 0 Å². The summed E-state index contributed by atoms with van der Waals surface area (Å²) < 4.78 is 6.18. The average Bonchev–Trinajstić information content (AvgIpc) is 3.13. The molecule has 2 fully saturated rings. The van der Waals surface area contributed by atoms with Crippen LogP contribution < -0.4 is 5.32 Å². The summed E-state index contributed by atoms with van der Waals surface area (Å²) in [5.41, 5.74) is 1.29. The van der Waals surface area contributed by atoms with Crippen LogP contribution in [0.2, 0.25) is 0 Å². The van der Waals surface area contributed by atoms with E-state index in [0.717, 1.165) is 25.6 Å². The fraction of sp³-hybridized carbons (Fsp3) is 0.611. The number of hydrogen-bond acceptors (Lipinski definition) is 4. The molecule has 3 aliphatic rings. The molecule has 1 N–H and O–H groups in total. The molecule has 3 rings (SSSR count). The van der Waals surface area contributed by atoms with Crippen molar-refractivity contribution >= 4 is 17.7 Å². The molecule has 0 aromatic rings. The summed E-state index contributed by atoms with van der Waals surface area (Å²) in [6.45, 7) is 10.7. The van der Waals surface area contributed by atoms with E-state index in [0.29, 0.717) is 17.1 Å². The summed E-state index contributed by atoms with van der Waals surface area (Å²) in [6, 6.07) is 0. The lowest BCUT2D eigenvalue weighted by atomic mass is 9.96. The van der Waals surface area contributed by atoms with E-state index < -0.39 is 0 Å². The third-order valence-corrected chi connectivity index (χ3v) is 6.41. The predicted octanol–water partition coefficient (Wildman–Crippen LogP) is 3.90. The van der Waals surface area contributed by atoms with Gasteiger partial charge in [0.2, 0.25) is 5.90 Å². The van der Waals surface area contributed by atoms with Crippen molar-refractivity contribution in [3.05, 3.63) is 35.9 Å². The van der Waals surface area contributed by atoms with Crippen LogP contribution in [0.5, 0.6) is 0 Å². The van der Waals surface area contributed by atoms with Crippen LogP contribution in [0.4, 0.5) is 0 Å². The zero-order valence-electron chi connectivity index (χ0n) is 13.2. The van der Waals surface area contributed by atoms with Crippen LogP contribution in [0, 0.1) is 11.8 Å². The Bertz CT molecular complexity index is 491. The normalized spacial score (nSPS) is 29.5. The second-order valence-electron chi connectivity index (χ2n) is 6.30. The maximum atomic E-state index is 6.18. The minimum Gasteiger partial charge on any atom is -0.477 e. The van der Waals surface area contributed by atoms with Gasteiger partial charge in [0.25, 0.3) is 0 Å². The van der Waals surface area contributed by atoms with Crippen molar-refractivity contribution in [3.8, 4) is 0 Å². The van der Waals surface area contributed by atoms with E-state index in [-0.39, 0.29) is 0 Å². The summed E-state index contributed by atoms with van der Waals surface area (Å²) in [4.78, 5) is 5.74. The van der Waals surface area contributed by atoms with E-state index in [2.05, 4.69) is 23.5 Å². The minimum atomic E-state index is 0.588. The molecule has 120 valence electrons. The van der Waals surface area contributed by atoms with Crippen LogP contribution in [-0.2, 0) is 4.74 Å². The van der Waals surface area contributed by atoms with Gasteiger partial charge in [0.1, 0.15) is 0 Å². The number of fused-ring (bicyclic) bond motifs is 1. The van der Waals surface area contributed by atoms with Crippen LogP contribution in [-0.4, -0.2) is 30.8 Å². The summed E-state index contributed by atoms with van der Waals surface area (Å²) >= 11 is 1.96. The predicted molar refractivity (Wildman–Crippen MR) is 95.1 cm³/mol. The Morgan fingerprint density at radius 1 is 1.27 bits per heavy atom. The van der Waals surface area contributed by atoms with Crippen molar-refractivity contribution in [1.29, 1.82) is 0 Å². The molecule has 22 heavy (non-hydrogen) atoms. The SMILES string of the molecule is C=CN=C(OCC1CCNCC1)C1=C(C=C)SC2CCCC12. The molecule has 1 saturated carbocycles. The number of piperidine rings is 1. The van der Waals surface area contributed by atoms with Gasteiger partial charge < -0.3 is 10.1 Å². The van der Waals surface area contributed by atoms with Gasteiger partial charge in [0, 0.05) is 27.8 Å². The molecule has 0 radical (unpaired) electrons. The Morgan fingerprint density at radius 3 is 2.82 bits per heavy atom. The van der Waals surface area contributed by atoms with Crippen molar-refractivity contribution in [1.82, 2.24) is 5.32 Å². The number of thioether (sulfide) groups is 1. The second-order valence-corrected chi connectivity index (χ2v) is 7.58. The lowest BCUT2D eigenvalue weighted by Crippen LogP contribution is -2.31. The van der Waals surface area contributed by atoms with E-state index in [1.54, 1.807) is 6.20 Å². The fourth-order valence-electron chi connectivity index (χ4n) is 3.74. The maximum absolute atomic E-state index is 6.18. The Hall–Kier alpha value is -1.00. The second kappa shape index (κ2) is 7.51. The molecule has 4 heteroatoms. The highest BCUT2D eigenvalue weighted by Gasteiger charge is 2.40. The van der Waals surface area contributed by atoms with E-state index in [1.165, 1.54) is 42.6 Å². The molecule has 2 aliphatic heterocycles. The standard InChI is InChI=1S/C18H26N2OS/c1-3-15-17(14-6-5-7-16(14)22-15)18(20-4-2)21-12-13-8-10-19-11-9-13/h3-4,13-14,16,19H,1-2,5-12H2. The number of nitrogens with one attached hydrogen (secondary N) is 1. The Morgan fingerprint density at radius 2 is 2.09 bits per heavy atom. The number of rotatable bonds is 5. The molecule has 2 unspecified atom stereocenters. The van der Waals surface area contributed by atoms with Crippen molar-refractivity contribution in [2.24, 2.45) is 16.8 Å². The molecule has 2 atom stereocenters. The lowest BCUT2D eigenvalue weighted by molar-refractivity contribution is 0.204. The molecular weight excluding hydrogens is 292 g/mol. The highest BCUT2D eigenvalue weighted by molar-refractivity contribution is 8.04. The number of ether oxygens (including phenoxy) is 1. The zero-order chi connectivity index (χ0) is 15.4. The van der Waals surface area contributed by atoms with Gasteiger partial charge in [-0.3, -0.25) is 0 Å². The summed E-state index contributed by atoms with van der Waals surface area (Å²) in [6.07, 6.45) is 9.82. The summed E-state index contributed by atoms with van der Waals surface area (Å²) in [5, 5.41) is 4.10. The first-order chi connectivity index (χ1) is 10.8. The van der Waals surface area contributed by atoms with Gasteiger partial charge in [-0.25, -0.2) is 4.99 Å². The highest BCUT2D eigenvalue weighted by atomic mass is 32.2. The van der Waals surface area contributed by atoms with Gasteiger partial charge in [0.15, 0.2) is 0 Å². The molecule has 0 amide bonds. The van der Waals surface area contributed by atoms with E-state index in [4.69, 9.17) is 4.74 Å². The van der Waals surface area contributed by atoms with Gasteiger partial charge in [-0.05, 0) is 44.7 Å². The van der Waals surface area contributed by atoms with Crippen LogP contribution in [0.3, 0.4) is 0 Å². The number of allylic oxidation sites excluding steroid dienone is 1. The Labute approximate surface area is 138 Å². The molecule has 0 aromatic heterocycles. The Balaban J connectivity index is 1.73. The van der Waals surface area contributed by atoms with Crippen LogP contribution >= 0.6 is 11.8 Å². The first-order valence-corrected chi connectivity index (χ1v) is 9.27. The smallest absolute Gasteiger partial charge is 0.217 e. The highest BCUT2D eigenvalue weighted by Crippen LogP contribution is 2.51. The number of aliphatic imine (C=N–C) groups is 1.